The number of aliphatic hydroxyl groups is 1. The van der Waals surface area contributed by atoms with Crippen LogP contribution in [0, 0.1) is 0 Å². The van der Waals surface area contributed by atoms with Gasteiger partial charge in [-0.15, -0.1) is 11.6 Å². The van der Waals surface area contributed by atoms with Gasteiger partial charge in [0, 0.05) is 0 Å². The molecule has 1 N–H and O–H groups in total. The Kier molecular flexibility index (Phi) is 3.03. The predicted molar refractivity (Wildman–Crippen MR) is 36.2 cm³/mol. The molecule has 0 bridgehead atoms. The van der Waals surface area contributed by atoms with E-state index in [-0.39, 0.29) is 5.88 Å². The van der Waals surface area contributed by atoms with Crippen LogP contribution in [0.1, 0.15) is 0 Å². The van der Waals surface area contributed by atoms with Gasteiger partial charge in [0.05, 0.1) is 5.88 Å². The van der Waals surface area contributed by atoms with Gasteiger partial charge >= 0.3 is 0 Å². The molecule has 1 unspecified atom stereocenters. The summed E-state index contributed by atoms with van der Waals surface area (Å²) >= 11 is 5.21. The Hall–Kier alpha value is 0.480. The Morgan fingerprint density at radius 1 is 1.75 bits per heavy atom. The molecule has 2 nitrogen and oxygen atoms in total. The van der Waals surface area contributed by atoms with Crippen LogP contribution in [-0.4, -0.2) is 30.2 Å². The smallest absolute Gasteiger partial charge is 0.120 e. The maximum absolute atomic E-state index is 10.8. The normalized spacial score (nSPS) is 16.0. The zero-order valence-corrected chi connectivity index (χ0v) is 6.62. The standard InChI is InChI=1S/C4H10ClO2P/c1-8(2,7)4(6)3-5/h4,6H,3H2,1-2H3. The molecule has 0 rings (SSSR count). The number of aliphatic hydroxyl groups excluding tert-OH is 1. The van der Waals surface area contributed by atoms with Crippen molar-refractivity contribution in [3.63, 3.8) is 0 Å². The summed E-state index contributed by atoms with van der Waals surface area (Å²) in [5.74, 6) is -0.770. The summed E-state index contributed by atoms with van der Waals surface area (Å²) in [4.78, 5) is 0. The molecule has 1 atom stereocenters. The molecular weight excluding hydrogens is 146 g/mol. The Labute approximate surface area is 54.2 Å². The SMILES string of the molecule is CP(C)(=O)C(O)CCl. The van der Waals surface area contributed by atoms with Crippen molar-refractivity contribution in [1.82, 2.24) is 0 Å². The van der Waals surface area contributed by atoms with Crippen LogP contribution >= 0.6 is 18.7 Å². The molecule has 0 heterocycles. The molecule has 0 radical (unpaired) electrons. The Morgan fingerprint density at radius 3 is 2.12 bits per heavy atom. The lowest BCUT2D eigenvalue weighted by Gasteiger charge is -2.10. The summed E-state index contributed by atoms with van der Waals surface area (Å²) in [6.45, 7) is 3.03. The molecule has 0 saturated heterocycles. The van der Waals surface area contributed by atoms with E-state index in [0.29, 0.717) is 0 Å². The van der Waals surface area contributed by atoms with Gasteiger partial charge in [-0.1, -0.05) is 0 Å². The molecule has 0 fully saturated rings. The van der Waals surface area contributed by atoms with Gasteiger partial charge in [-0.2, -0.15) is 0 Å². The Morgan fingerprint density at radius 2 is 2.12 bits per heavy atom. The molecule has 0 aromatic heterocycles. The van der Waals surface area contributed by atoms with E-state index in [4.69, 9.17) is 16.7 Å². The van der Waals surface area contributed by atoms with Crippen molar-refractivity contribution in [2.24, 2.45) is 0 Å². The number of hydrogen-bond donors (Lipinski definition) is 1. The highest BCUT2D eigenvalue weighted by molar-refractivity contribution is 7.62. The van der Waals surface area contributed by atoms with E-state index in [2.05, 4.69) is 0 Å². The molecule has 0 saturated carbocycles. The highest BCUT2D eigenvalue weighted by atomic mass is 35.5. The fourth-order valence-corrected chi connectivity index (χ4v) is 1.50. The molecule has 0 aliphatic carbocycles. The van der Waals surface area contributed by atoms with E-state index in [1.165, 1.54) is 13.3 Å². The second-order valence-electron chi connectivity index (χ2n) is 2.07. The molecule has 4 heteroatoms. The van der Waals surface area contributed by atoms with Crippen LogP contribution in [0.4, 0.5) is 0 Å². The fourth-order valence-electron chi connectivity index (χ4n) is 0.166. The van der Waals surface area contributed by atoms with Crippen molar-refractivity contribution in [1.29, 1.82) is 0 Å². The van der Waals surface area contributed by atoms with Gasteiger partial charge in [0.25, 0.3) is 0 Å². The van der Waals surface area contributed by atoms with Crippen molar-refractivity contribution >= 4 is 18.7 Å². The fraction of sp³-hybridized carbons (Fsp3) is 1.00. The molecular formula is C4H10ClO2P. The van der Waals surface area contributed by atoms with Crippen molar-refractivity contribution in [3.05, 3.63) is 0 Å². The van der Waals surface area contributed by atoms with Gasteiger partial charge < -0.3 is 9.67 Å². The van der Waals surface area contributed by atoms with E-state index in [1.807, 2.05) is 0 Å². The van der Waals surface area contributed by atoms with E-state index in [1.54, 1.807) is 0 Å². The maximum Gasteiger partial charge on any atom is 0.120 e. The lowest BCUT2D eigenvalue weighted by molar-refractivity contribution is 0.272. The van der Waals surface area contributed by atoms with Gasteiger partial charge in [0.15, 0.2) is 0 Å². The van der Waals surface area contributed by atoms with Crippen LogP contribution in [0.3, 0.4) is 0 Å². The topological polar surface area (TPSA) is 37.3 Å². The monoisotopic (exact) mass is 156 g/mol. The quantitative estimate of drug-likeness (QED) is 0.481. The molecule has 0 spiro atoms. The third-order valence-corrected chi connectivity index (χ3v) is 2.98. The summed E-state index contributed by atoms with van der Waals surface area (Å²) in [6, 6.07) is 0. The number of rotatable bonds is 2. The summed E-state index contributed by atoms with van der Waals surface area (Å²) in [5, 5.41) is 8.80. The van der Waals surface area contributed by atoms with Gasteiger partial charge in [-0.3, -0.25) is 0 Å². The zero-order chi connectivity index (χ0) is 6.78. The first-order valence-corrected chi connectivity index (χ1v) is 5.47. The number of alkyl halides is 1. The van der Waals surface area contributed by atoms with Gasteiger partial charge in [-0.05, 0) is 13.3 Å². The lowest BCUT2D eigenvalue weighted by Crippen LogP contribution is -2.06. The van der Waals surface area contributed by atoms with Crippen LogP contribution in [0.2, 0.25) is 0 Å². The average molecular weight is 157 g/mol. The Bertz CT molecular complexity index is 109. The van der Waals surface area contributed by atoms with E-state index < -0.39 is 13.0 Å². The molecule has 0 aliphatic rings. The summed E-state index contributed by atoms with van der Waals surface area (Å²) in [7, 11) is -2.33. The van der Waals surface area contributed by atoms with E-state index in [9.17, 15) is 4.57 Å². The first-order valence-electron chi connectivity index (χ1n) is 2.27. The third kappa shape index (κ3) is 2.71. The minimum absolute atomic E-state index is 0.0598. The van der Waals surface area contributed by atoms with Crippen molar-refractivity contribution < 1.29 is 9.67 Å². The summed E-state index contributed by atoms with van der Waals surface area (Å²) < 4.78 is 10.8. The van der Waals surface area contributed by atoms with Crippen LogP contribution in [0.25, 0.3) is 0 Å². The molecule has 0 aliphatic heterocycles. The number of halogens is 1. The first-order chi connectivity index (χ1) is 3.48. The van der Waals surface area contributed by atoms with Gasteiger partial charge in [0.2, 0.25) is 0 Å². The van der Waals surface area contributed by atoms with E-state index in [0.717, 1.165) is 0 Å². The van der Waals surface area contributed by atoms with Gasteiger partial charge in [0.1, 0.15) is 13.0 Å². The van der Waals surface area contributed by atoms with Crippen molar-refractivity contribution in [2.75, 3.05) is 19.2 Å². The van der Waals surface area contributed by atoms with Crippen LogP contribution in [0.5, 0.6) is 0 Å². The van der Waals surface area contributed by atoms with Gasteiger partial charge in [-0.25, -0.2) is 0 Å². The minimum Gasteiger partial charge on any atom is -0.384 e. The highest BCUT2D eigenvalue weighted by Gasteiger charge is 2.17. The predicted octanol–water partition coefficient (Wildman–Crippen LogP) is 1.17. The minimum atomic E-state index is -2.33. The van der Waals surface area contributed by atoms with Crippen molar-refractivity contribution in [2.45, 2.75) is 5.85 Å². The molecule has 0 aromatic rings. The van der Waals surface area contributed by atoms with Crippen LogP contribution in [-0.2, 0) is 4.57 Å². The summed E-state index contributed by atoms with van der Waals surface area (Å²) in [6.07, 6.45) is 0. The molecule has 50 valence electrons. The maximum atomic E-state index is 10.8. The van der Waals surface area contributed by atoms with Crippen LogP contribution in [0.15, 0.2) is 0 Å². The van der Waals surface area contributed by atoms with Crippen molar-refractivity contribution in [3.8, 4) is 0 Å². The average Bonchev–Trinajstić information content (AvgIpc) is 1.62. The number of hydrogen-bond acceptors (Lipinski definition) is 2. The molecule has 0 amide bonds. The Balaban J connectivity index is 3.82. The second kappa shape index (κ2) is 2.86. The molecule has 8 heavy (non-hydrogen) atoms. The summed E-state index contributed by atoms with van der Waals surface area (Å²) in [5.41, 5.74) is 0. The van der Waals surface area contributed by atoms with Crippen LogP contribution < -0.4 is 0 Å². The molecule has 0 aromatic carbocycles. The highest BCUT2D eigenvalue weighted by Crippen LogP contribution is 2.40. The van der Waals surface area contributed by atoms with E-state index >= 15 is 0 Å². The lowest BCUT2D eigenvalue weighted by atomic mass is 10.9. The largest absolute Gasteiger partial charge is 0.384 e. The third-order valence-electron chi connectivity index (χ3n) is 0.856. The second-order valence-corrected chi connectivity index (χ2v) is 5.84. The first kappa shape index (κ1) is 8.48. The zero-order valence-electron chi connectivity index (χ0n) is 4.97.